The fourth-order valence-electron chi connectivity index (χ4n) is 12.3. The molecule has 0 radical (unpaired) electrons. The van der Waals surface area contributed by atoms with Crippen LogP contribution >= 0.6 is 0 Å². The Bertz CT molecular complexity index is 2690. The normalized spacial score (nSPS) is 19.7. The number of carbonyl (C=O) groups is 3. The molecule has 4 atom stereocenters. The standard InChI is InChI=1S/C63H85F3N6O8/c1-4-7-9-11-13-15-17-19-21-23-26-54(73)76-41-49(42-77-55(74)27-24-22-20-18-16-14-12-10-8-5-2)80-62(75)79-48-34-44-28-31-53(65)50(6-3)56(44)51(35-48)58-57(66)59-52(37-67-58)60(71-39-46-29-30-47(40-71)68-46)70-61(69-59)78-43-63-32-25-33-72(63)38-45(64)36-63/h3,28,31,34-35,37,45-47,49,68H,4-5,7-27,29-30,32-33,36,38-43H2,1-2H3/t45-,46?,47?,63+/m1/s1. The summed E-state index contributed by atoms with van der Waals surface area (Å²) in [6, 6.07) is 5.71. The van der Waals surface area contributed by atoms with Crippen molar-refractivity contribution in [3.8, 4) is 35.4 Å². The van der Waals surface area contributed by atoms with Crippen molar-refractivity contribution < 1.29 is 51.2 Å². The molecule has 4 aromatic rings. The molecule has 2 aromatic heterocycles. The highest BCUT2D eigenvalue weighted by molar-refractivity contribution is 6.03. The number of rotatable bonds is 33. The molecular formula is C63H85F3N6O8. The van der Waals surface area contributed by atoms with E-state index < -0.39 is 60.8 Å². The van der Waals surface area contributed by atoms with Crippen LogP contribution in [0.2, 0.25) is 0 Å². The Labute approximate surface area is 471 Å². The highest BCUT2D eigenvalue weighted by Crippen LogP contribution is 2.42. The van der Waals surface area contributed by atoms with Crippen molar-refractivity contribution in [2.75, 3.05) is 50.9 Å². The van der Waals surface area contributed by atoms with E-state index in [-0.39, 0.29) is 71.0 Å². The van der Waals surface area contributed by atoms with E-state index in [1.807, 2.05) is 0 Å². The molecule has 0 amide bonds. The van der Waals surface area contributed by atoms with Crippen LogP contribution in [-0.2, 0) is 23.8 Å². The number of piperazine rings is 1. The number of ether oxygens (including phenoxy) is 5. The van der Waals surface area contributed by atoms with Gasteiger partial charge in [-0.15, -0.1) is 6.42 Å². The van der Waals surface area contributed by atoms with E-state index in [1.165, 1.54) is 108 Å². The van der Waals surface area contributed by atoms with E-state index in [4.69, 9.17) is 35.1 Å². The molecule has 2 bridgehead atoms. The van der Waals surface area contributed by atoms with Gasteiger partial charge in [0.05, 0.1) is 16.5 Å². The first kappa shape index (κ1) is 60.4. The van der Waals surface area contributed by atoms with Crippen LogP contribution in [0.15, 0.2) is 30.5 Å². The summed E-state index contributed by atoms with van der Waals surface area (Å²) in [4.78, 5) is 58.1. The molecule has 0 spiro atoms. The minimum Gasteiger partial charge on any atom is -0.462 e. The van der Waals surface area contributed by atoms with E-state index in [0.717, 1.165) is 70.8 Å². The number of anilines is 1. The molecule has 436 valence electrons. The van der Waals surface area contributed by atoms with E-state index in [1.54, 1.807) is 0 Å². The highest BCUT2D eigenvalue weighted by atomic mass is 19.1. The number of nitrogens with one attached hydrogen (secondary N) is 1. The van der Waals surface area contributed by atoms with Crippen molar-refractivity contribution in [3.63, 3.8) is 0 Å². The lowest BCUT2D eigenvalue weighted by molar-refractivity contribution is -0.153. The maximum absolute atomic E-state index is 17.7. The summed E-state index contributed by atoms with van der Waals surface area (Å²) in [6.45, 7) is 6.08. The smallest absolute Gasteiger partial charge is 0.462 e. The molecule has 14 nitrogen and oxygen atoms in total. The van der Waals surface area contributed by atoms with E-state index >= 15 is 8.78 Å². The lowest BCUT2D eigenvalue weighted by atomic mass is 9.95. The van der Waals surface area contributed by atoms with Gasteiger partial charge in [-0.2, -0.15) is 9.97 Å². The maximum atomic E-state index is 17.7. The number of aromatic nitrogens is 3. The number of halogens is 3. The maximum Gasteiger partial charge on any atom is 0.514 e. The molecular weight excluding hydrogens is 1030 g/mol. The first-order valence-corrected chi connectivity index (χ1v) is 30.3. The molecule has 6 heterocycles. The minimum absolute atomic E-state index is 0.00113. The van der Waals surface area contributed by atoms with Crippen LogP contribution in [0.5, 0.6) is 11.8 Å². The van der Waals surface area contributed by atoms with Gasteiger partial charge in [0.25, 0.3) is 0 Å². The van der Waals surface area contributed by atoms with Gasteiger partial charge in [0.15, 0.2) is 11.9 Å². The predicted molar refractivity (Wildman–Crippen MR) is 305 cm³/mol. The van der Waals surface area contributed by atoms with Gasteiger partial charge in [-0.3, -0.25) is 19.5 Å². The van der Waals surface area contributed by atoms with E-state index in [9.17, 15) is 18.8 Å². The summed E-state index contributed by atoms with van der Waals surface area (Å²) in [7, 11) is 0. The molecule has 2 unspecified atom stereocenters. The first-order chi connectivity index (χ1) is 39.0. The number of esters is 2. The molecule has 4 aliphatic rings. The summed E-state index contributed by atoms with van der Waals surface area (Å²) in [5, 5.41) is 4.38. The van der Waals surface area contributed by atoms with Crippen LogP contribution in [0.1, 0.15) is 193 Å². The van der Waals surface area contributed by atoms with Gasteiger partial charge in [0.2, 0.25) is 0 Å². The summed E-state index contributed by atoms with van der Waals surface area (Å²) in [6.07, 6.45) is 30.5. The van der Waals surface area contributed by atoms with Crippen LogP contribution < -0.4 is 19.7 Å². The number of terminal acetylenes is 1. The van der Waals surface area contributed by atoms with Gasteiger partial charge in [-0.25, -0.2) is 18.0 Å². The van der Waals surface area contributed by atoms with Crippen LogP contribution in [0.4, 0.5) is 23.8 Å². The SMILES string of the molecule is C#Cc1c(F)ccc2cc(OC(=O)OC(COC(=O)CCCCCCCCCCCC)COC(=O)CCCCCCCCCCCC)cc(-c3ncc4c(N5CC6CCC(C5)N6)nc(OC[C@@]56CCCN5C[C@H](F)C6)nc4c3F)c12. The van der Waals surface area contributed by atoms with Gasteiger partial charge in [0, 0.05) is 68.1 Å². The summed E-state index contributed by atoms with van der Waals surface area (Å²) < 4.78 is 77.2. The lowest BCUT2D eigenvalue weighted by Gasteiger charge is -2.34. The lowest BCUT2D eigenvalue weighted by Crippen LogP contribution is -2.51. The number of hydrogen-bond acceptors (Lipinski definition) is 14. The number of alkyl halides is 1. The van der Waals surface area contributed by atoms with Gasteiger partial charge in [-0.1, -0.05) is 141 Å². The first-order valence-electron chi connectivity index (χ1n) is 30.3. The Hall–Kier alpha value is -5.73. The van der Waals surface area contributed by atoms with Crippen LogP contribution in [0, 0.1) is 24.0 Å². The molecule has 4 fully saturated rings. The third-order valence-corrected chi connectivity index (χ3v) is 16.6. The number of pyridine rings is 1. The molecule has 80 heavy (non-hydrogen) atoms. The molecule has 4 aliphatic heterocycles. The second kappa shape index (κ2) is 30.4. The average Bonchev–Trinajstić information content (AvgIpc) is 4.11. The highest BCUT2D eigenvalue weighted by Gasteiger charge is 2.49. The van der Waals surface area contributed by atoms with Crippen molar-refractivity contribution >= 4 is 45.6 Å². The molecule has 8 rings (SSSR count). The third kappa shape index (κ3) is 16.5. The van der Waals surface area contributed by atoms with Crippen molar-refractivity contribution in [2.24, 2.45) is 0 Å². The molecule has 17 heteroatoms. The second-order valence-corrected chi connectivity index (χ2v) is 22.9. The fraction of sp³-hybridized carbons (Fsp3) is 0.651. The molecule has 2 aromatic carbocycles. The van der Waals surface area contributed by atoms with E-state index in [0.29, 0.717) is 55.5 Å². The van der Waals surface area contributed by atoms with E-state index in [2.05, 4.69) is 44.9 Å². The second-order valence-electron chi connectivity index (χ2n) is 22.9. The zero-order valence-electron chi connectivity index (χ0n) is 47.5. The largest absolute Gasteiger partial charge is 0.514 e. The Kier molecular flexibility index (Phi) is 22.9. The molecule has 0 aliphatic carbocycles. The number of unbranched alkanes of at least 4 members (excludes halogenated alkanes) is 18. The number of benzene rings is 2. The Morgan fingerprint density at radius 3 is 2.00 bits per heavy atom. The average molecular weight is 1110 g/mol. The van der Waals surface area contributed by atoms with Gasteiger partial charge in [0.1, 0.15) is 54.6 Å². The predicted octanol–water partition coefficient (Wildman–Crippen LogP) is 13.6. The van der Waals surface area contributed by atoms with Crippen LogP contribution in [0.3, 0.4) is 0 Å². The third-order valence-electron chi connectivity index (χ3n) is 16.6. The summed E-state index contributed by atoms with van der Waals surface area (Å²) >= 11 is 0. The van der Waals surface area contributed by atoms with Crippen LogP contribution in [-0.4, -0.2) is 114 Å². The molecule has 4 saturated heterocycles. The fourth-order valence-corrected chi connectivity index (χ4v) is 12.3. The Morgan fingerprint density at radius 2 is 1.40 bits per heavy atom. The Morgan fingerprint density at radius 1 is 0.800 bits per heavy atom. The topological polar surface area (TPSA) is 155 Å². The minimum atomic E-state index is -1.23. The Balaban J connectivity index is 0.991. The van der Waals surface area contributed by atoms with Crippen LogP contribution in [0.25, 0.3) is 32.9 Å². The van der Waals surface area contributed by atoms with Crippen molar-refractivity contribution in [2.45, 2.75) is 217 Å². The zero-order chi connectivity index (χ0) is 56.3. The van der Waals surface area contributed by atoms with Crippen molar-refractivity contribution in [3.05, 3.63) is 47.7 Å². The zero-order valence-corrected chi connectivity index (χ0v) is 47.5. The van der Waals surface area contributed by atoms with Crippen molar-refractivity contribution in [1.29, 1.82) is 0 Å². The van der Waals surface area contributed by atoms with Gasteiger partial charge >= 0.3 is 24.1 Å². The summed E-state index contributed by atoms with van der Waals surface area (Å²) in [5.41, 5.74) is -1.06. The number of hydrogen-bond donors (Lipinski definition) is 1. The van der Waals surface area contributed by atoms with Gasteiger partial charge < -0.3 is 33.9 Å². The molecule has 1 N–H and O–H groups in total. The van der Waals surface area contributed by atoms with Crippen molar-refractivity contribution in [1.82, 2.24) is 25.2 Å². The number of nitrogens with zero attached hydrogens (tertiary/aromatic N) is 5. The quantitative estimate of drug-likeness (QED) is 0.0158. The monoisotopic (exact) mass is 1110 g/mol. The summed E-state index contributed by atoms with van der Waals surface area (Å²) in [5.74, 6) is 0.170. The number of carbonyl (C=O) groups excluding carboxylic acids is 3. The van der Waals surface area contributed by atoms with Gasteiger partial charge in [-0.05, 0) is 68.7 Å². The number of fused-ring (bicyclic) bond motifs is 5. The molecule has 0 saturated carbocycles.